The molecule has 0 unspecified atom stereocenters. The number of aromatic nitrogens is 1. The molecule has 0 bridgehead atoms. The topological polar surface area (TPSA) is 104 Å². The number of rotatable bonds is 13. The van der Waals surface area contributed by atoms with E-state index < -0.39 is 18.1 Å². The molecule has 2 heterocycles. The van der Waals surface area contributed by atoms with Crippen LogP contribution in [0.4, 0.5) is 10.6 Å². The number of anilines is 1. The fraction of sp³-hybridized carbons (Fsp3) is 0.720. The van der Waals surface area contributed by atoms with Crippen LogP contribution in [-0.4, -0.2) is 65.4 Å². The molecule has 0 saturated heterocycles. The fourth-order valence-electron chi connectivity index (χ4n) is 4.63. The van der Waals surface area contributed by atoms with Crippen molar-refractivity contribution in [1.29, 1.82) is 0 Å². The van der Waals surface area contributed by atoms with Gasteiger partial charge in [0.15, 0.2) is 0 Å². The molecule has 1 aromatic rings. The Labute approximate surface area is 196 Å². The molecule has 1 aromatic heterocycles. The quantitative estimate of drug-likeness (QED) is 0.388. The highest BCUT2D eigenvalue weighted by atomic mass is 16.5. The van der Waals surface area contributed by atoms with E-state index in [-0.39, 0.29) is 0 Å². The van der Waals surface area contributed by atoms with Gasteiger partial charge in [-0.1, -0.05) is 12.5 Å². The van der Waals surface area contributed by atoms with Gasteiger partial charge in [0.25, 0.3) is 0 Å². The third-order valence-electron chi connectivity index (χ3n) is 7.11. The van der Waals surface area contributed by atoms with Crippen LogP contribution >= 0.6 is 0 Å². The first-order valence-electron chi connectivity index (χ1n) is 12.7. The summed E-state index contributed by atoms with van der Waals surface area (Å²) in [5.74, 6) is 0.493. The number of aliphatic carboxylic acids is 1. The number of carbonyl (C=O) groups excluding carboxylic acids is 1. The minimum absolute atomic E-state index is 0.390. The molecule has 1 amide bonds. The van der Waals surface area contributed by atoms with Crippen LogP contribution in [0, 0.1) is 5.92 Å². The number of nitrogens with one attached hydrogen (secondary N) is 2. The molecule has 2 saturated carbocycles. The van der Waals surface area contributed by atoms with Crippen molar-refractivity contribution in [3.8, 4) is 0 Å². The van der Waals surface area contributed by atoms with Gasteiger partial charge in [-0.2, -0.15) is 0 Å². The van der Waals surface area contributed by atoms with Crippen molar-refractivity contribution in [1.82, 2.24) is 15.2 Å². The summed E-state index contributed by atoms with van der Waals surface area (Å²) in [5.41, 5.74) is 2.45. The number of carboxylic acid groups (broad SMARTS) is 1. The van der Waals surface area contributed by atoms with Crippen LogP contribution in [-0.2, 0) is 22.4 Å². The molecule has 0 spiro atoms. The summed E-state index contributed by atoms with van der Waals surface area (Å²) in [7, 11) is 0. The molecule has 4 rings (SSSR count). The molecule has 182 valence electrons. The number of carboxylic acids is 1. The van der Waals surface area contributed by atoms with Crippen molar-refractivity contribution >= 4 is 17.9 Å². The van der Waals surface area contributed by atoms with Crippen molar-refractivity contribution in [2.24, 2.45) is 5.92 Å². The summed E-state index contributed by atoms with van der Waals surface area (Å²) in [6.07, 6.45) is 10.8. The van der Waals surface area contributed by atoms with Crippen LogP contribution in [0.15, 0.2) is 12.1 Å². The zero-order valence-corrected chi connectivity index (χ0v) is 19.6. The van der Waals surface area contributed by atoms with E-state index in [1.54, 1.807) is 0 Å². The minimum atomic E-state index is -1.00. The Hall–Kier alpha value is -2.35. The van der Waals surface area contributed by atoms with Gasteiger partial charge in [0, 0.05) is 24.8 Å². The van der Waals surface area contributed by atoms with Gasteiger partial charge in [-0.3, -0.25) is 0 Å². The number of alkyl carbamates (subject to hydrolysis) is 1. The summed E-state index contributed by atoms with van der Waals surface area (Å²) in [5, 5.41) is 15.5. The zero-order valence-electron chi connectivity index (χ0n) is 19.6. The number of hydrogen-bond acceptors (Lipinski definition) is 6. The van der Waals surface area contributed by atoms with E-state index >= 15 is 0 Å². The summed E-state index contributed by atoms with van der Waals surface area (Å²) in [6, 6.07) is 4.00. The van der Waals surface area contributed by atoms with Crippen LogP contribution in [0.1, 0.15) is 69.0 Å². The number of fused-ring (bicyclic) bond motifs is 1. The highest BCUT2D eigenvalue weighted by Crippen LogP contribution is 2.28. The summed E-state index contributed by atoms with van der Waals surface area (Å²) >= 11 is 0. The van der Waals surface area contributed by atoms with Crippen molar-refractivity contribution in [3.63, 3.8) is 0 Å². The largest absolute Gasteiger partial charge is 0.480 e. The van der Waals surface area contributed by atoms with E-state index in [2.05, 4.69) is 27.7 Å². The molecule has 0 aromatic carbocycles. The molecule has 1 atom stereocenters. The SMILES string of the molecule is O=C(N[C@@H](CCN(CCCCc1ccc2c(n1)NCCC2)C1CC1)C(=O)O)OCC1CCC1. The Morgan fingerprint density at radius 2 is 2.03 bits per heavy atom. The van der Waals surface area contributed by atoms with Gasteiger partial charge in [-0.05, 0) is 88.3 Å². The van der Waals surface area contributed by atoms with Gasteiger partial charge >= 0.3 is 12.1 Å². The number of pyridine rings is 1. The van der Waals surface area contributed by atoms with Crippen LogP contribution in [0.2, 0.25) is 0 Å². The fourth-order valence-corrected chi connectivity index (χ4v) is 4.63. The molecule has 1 aliphatic heterocycles. The van der Waals surface area contributed by atoms with Crippen LogP contribution in [0.5, 0.6) is 0 Å². The van der Waals surface area contributed by atoms with Gasteiger partial charge < -0.3 is 25.4 Å². The maximum Gasteiger partial charge on any atom is 0.407 e. The molecule has 33 heavy (non-hydrogen) atoms. The van der Waals surface area contributed by atoms with Crippen LogP contribution in [0.3, 0.4) is 0 Å². The Morgan fingerprint density at radius 1 is 1.18 bits per heavy atom. The lowest BCUT2D eigenvalue weighted by atomic mass is 9.86. The van der Waals surface area contributed by atoms with E-state index in [9.17, 15) is 14.7 Å². The first-order valence-corrected chi connectivity index (χ1v) is 12.7. The first-order chi connectivity index (χ1) is 16.1. The normalized spacial score (nSPS) is 18.7. The maximum absolute atomic E-state index is 12.0. The standard InChI is InChI=1S/C25H38N4O4/c30-24(31)22(28-25(32)33-17-18-5-3-6-18)13-16-29(21-11-12-21)15-2-1-8-20-10-9-19-7-4-14-26-23(19)27-20/h9-10,18,21-22H,1-8,11-17H2,(H,26,27)(H,28,32)(H,30,31)/t22-/m0/s1. The second-order valence-corrected chi connectivity index (χ2v) is 9.78. The summed E-state index contributed by atoms with van der Waals surface area (Å²) in [4.78, 5) is 30.8. The average molecular weight is 459 g/mol. The number of ether oxygens (including phenoxy) is 1. The number of hydrogen-bond donors (Lipinski definition) is 3. The Kier molecular flexibility index (Phi) is 8.42. The van der Waals surface area contributed by atoms with Gasteiger partial charge in [0.1, 0.15) is 11.9 Å². The molecule has 8 nitrogen and oxygen atoms in total. The smallest absolute Gasteiger partial charge is 0.407 e. The van der Waals surface area contributed by atoms with Crippen molar-refractivity contribution in [3.05, 3.63) is 23.4 Å². The Morgan fingerprint density at radius 3 is 2.76 bits per heavy atom. The van der Waals surface area contributed by atoms with Gasteiger partial charge in [-0.25, -0.2) is 14.6 Å². The third kappa shape index (κ3) is 7.32. The van der Waals surface area contributed by atoms with Crippen molar-refractivity contribution in [2.45, 2.75) is 82.7 Å². The lowest BCUT2D eigenvalue weighted by Gasteiger charge is -2.26. The maximum atomic E-state index is 12.0. The number of unbranched alkanes of at least 4 members (excludes halogenated alkanes) is 1. The van der Waals surface area contributed by atoms with Crippen LogP contribution in [0.25, 0.3) is 0 Å². The summed E-state index contributed by atoms with van der Waals surface area (Å²) in [6.45, 7) is 3.02. The predicted octanol–water partition coefficient (Wildman–Crippen LogP) is 3.60. The lowest BCUT2D eigenvalue weighted by molar-refractivity contribution is -0.139. The predicted molar refractivity (Wildman–Crippen MR) is 126 cm³/mol. The highest BCUT2D eigenvalue weighted by Gasteiger charge is 2.30. The van der Waals surface area contributed by atoms with E-state index in [0.717, 1.165) is 63.1 Å². The molecular formula is C25H38N4O4. The molecular weight excluding hydrogens is 420 g/mol. The number of amides is 1. The third-order valence-corrected chi connectivity index (χ3v) is 7.11. The minimum Gasteiger partial charge on any atom is -0.480 e. The number of carbonyl (C=O) groups is 2. The van der Waals surface area contributed by atoms with E-state index in [1.165, 1.54) is 31.2 Å². The van der Waals surface area contributed by atoms with Crippen LogP contribution < -0.4 is 10.6 Å². The highest BCUT2D eigenvalue weighted by molar-refractivity contribution is 5.79. The van der Waals surface area contributed by atoms with E-state index in [0.29, 0.717) is 31.5 Å². The number of nitrogens with zero attached hydrogens (tertiary/aromatic N) is 2. The second-order valence-electron chi connectivity index (χ2n) is 9.78. The van der Waals surface area contributed by atoms with Gasteiger partial charge in [0.2, 0.25) is 0 Å². The number of aryl methyl sites for hydroxylation is 2. The molecule has 2 aliphatic carbocycles. The molecule has 3 N–H and O–H groups in total. The van der Waals surface area contributed by atoms with Crippen molar-refractivity contribution in [2.75, 3.05) is 31.6 Å². The monoisotopic (exact) mass is 458 g/mol. The molecule has 8 heteroatoms. The Bertz CT molecular complexity index is 810. The van der Waals surface area contributed by atoms with Crippen molar-refractivity contribution < 1.29 is 19.4 Å². The van der Waals surface area contributed by atoms with E-state index in [4.69, 9.17) is 9.72 Å². The average Bonchev–Trinajstić information content (AvgIpc) is 3.61. The Balaban J connectivity index is 1.17. The molecule has 0 radical (unpaired) electrons. The van der Waals surface area contributed by atoms with E-state index in [1.807, 2.05) is 0 Å². The summed E-state index contributed by atoms with van der Waals surface area (Å²) < 4.78 is 5.21. The molecule has 2 fully saturated rings. The molecule has 3 aliphatic rings. The zero-order chi connectivity index (χ0) is 23.0. The van der Waals surface area contributed by atoms with Gasteiger partial charge in [0.05, 0.1) is 6.61 Å². The van der Waals surface area contributed by atoms with Gasteiger partial charge in [-0.15, -0.1) is 0 Å². The first kappa shape index (κ1) is 23.8. The second kappa shape index (κ2) is 11.7. The lowest BCUT2D eigenvalue weighted by Crippen LogP contribution is -2.44.